The molecule has 0 saturated carbocycles. The minimum atomic E-state index is 1.000. The summed E-state index contributed by atoms with van der Waals surface area (Å²) in [5.41, 5.74) is 6.91. The van der Waals surface area contributed by atoms with E-state index < -0.39 is 0 Å². The van der Waals surface area contributed by atoms with Gasteiger partial charge in [0.05, 0.1) is 22.9 Å². The summed E-state index contributed by atoms with van der Waals surface area (Å²) in [6.45, 7) is 0. The molecule has 3 aromatic heterocycles. The Morgan fingerprint density at radius 2 is 1.74 bits per heavy atom. The topological polar surface area (TPSA) is 67.3 Å². The molecule has 4 aromatic rings. The summed E-state index contributed by atoms with van der Waals surface area (Å²) < 4.78 is 0. The van der Waals surface area contributed by atoms with Gasteiger partial charge < -0.3 is 0 Å². The van der Waals surface area contributed by atoms with E-state index in [0.717, 1.165) is 35.1 Å². The normalized spacial score (nSPS) is 14.3. The highest BCUT2D eigenvalue weighted by Gasteiger charge is 2.21. The van der Waals surface area contributed by atoms with Crippen LogP contribution in [0.3, 0.4) is 0 Å². The fraction of sp³-hybridized carbons (Fsp3) is 0.222. The highest BCUT2D eigenvalue weighted by molar-refractivity contribution is 6.07. The lowest BCUT2D eigenvalue weighted by Crippen LogP contribution is -2.08. The fourth-order valence-corrected chi connectivity index (χ4v) is 3.71. The molecular formula is C18H15N5. The van der Waals surface area contributed by atoms with Crippen LogP contribution in [0.5, 0.6) is 0 Å². The van der Waals surface area contributed by atoms with E-state index in [1.165, 1.54) is 34.7 Å². The average Bonchev–Trinajstić information content (AvgIpc) is 3.10. The number of H-pyrrole nitrogens is 1. The Balaban J connectivity index is 1.92. The van der Waals surface area contributed by atoms with Crippen molar-refractivity contribution < 1.29 is 0 Å². The van der Waals surface area contributed by atoms with Crippen LogP contribution in [0, 0.1) is 0 Å². The van der Waals surface area contributed by atoms with Crippen molar-refractivity contribution in [3.63, 3.8) is 0 Å². The Hall–Kier alpha value is -2.82. The van der Waals surface area contributed by atoms with E-state index in [0.29, 0.717) is 0 Å². The highest BCUT2D eigenvalue weighted by atomic mass is 15.1. The van der Waals surface area contributed by atoms with E-state index >= 15 is 0 Å². The lowest BCUT2D eigenvalue weighted by Gasteiger charge is -2.21. The van der Waals surface area contributed by atoms with Gasteiger partial charge in [-0.25, -0.2) is 15.0 Å². The van der Waals surface area contributed by atoms with Crippen LogP contribution in [-0.2, 0) is 12.8 Å². The summed E-state index contributed by atoms with van der Waals surface area (Å²) in [4.78, 5) is 13.3. The van der Waals surface area contributed by atoms with Crippen LogP contribution in [0.4, 0.5) is 0 Å². The number of hydrogen-bond acceptors (Lipinski definition) is 4. The molecule has 112 valence electrons. The Bertz CT molecular complexity index is 1020. The van der Waals surface area contributed by atoms with Crippen molar-refractivity contribution >= 4 is 21.8 Å². The van der Waals surface area contributed by atoms with Crippen molar-refractivity contribution in [1.29, 1.82) is 0 Å². The number of aromatic amines is 1. The largest absolute Gasteiger partial charge is 0.278 e. The third-order valence-electron chi connectivity index (χ3n) is 4.72. The predicted octanol–water partition coefficient (Wildman–Crippen LogP) is 3.45. The van der Waals surface area contributed by atoms with Crippen molar-refractivity contribution in [3.05, 3.63) is 48.2 Å². The summed E-state index contributed by atoms with van der Waals surface area (Å²) in [5.74, 6) is 0. The second kappa shape index (κ2) is 4.84. The first-order chi connectivity index (χ1) is 11.4. The Kier molecular flexibility index (Phi) is 2.67. The predicted molar refractivity (Wildman–Crippen MR) is 89.1 cm³/mol. The molecule has 1 aliphatic rings. The standard InChI is InChI=1S/C18H15N5/c1-2-4-13-12(3-1)17-14-9-21-23-15(14)5-6-16(17)22-18(13)11-7-19-10-20-8-11/h5-10H,1-4H2,(H,21,23). The molecule has 0 aliphatic heterocycles. The van der Waals surface area contributed by atoms with Gasteiger partial charge in [0.15, 0.2) is 0 Å². The van der Waals surface area contributed by atoms with Gasteiger partial charge in [0.25, 0.3) is 0 Å². The van der Waals surface area contributed by atoms with Gasteiger partial charge in [-0.2, -0.15) is 5.10 Å². The van der Waals surface area contributed by atoms with Gasteiger partial charge >= 0.3 is 0 Å². The number of nitrogens with one attached hydrogen (secondary N) is 1. The van der Waals surface area contributed by atoms with Gasteiger partial charge in [0, 0.05) is 28.7 Å². The van der Waals surface area contributed by atoms with Crippen LogP contribution in [0.1, 0.15) is 24.0 Å². The maximum Gasteiger partial charge on any atom is 0.115 e. The van der Waals surface area contributed by atoms with Crippen molar-refractivity contribution in [1.82, 2.24) is 25.1 Å². The molecule has 1 N–H and O–H groups in total. The molecular weight excluding hydrogens is 286 g/mol. The lowest BCUT2D eigenvalue weighted by atomic mass is 9.86. The molecule has 0 radical (unpaired) electrons. The van der Waals surface area contributed by atoms with Gasteiger partial charge in [-0.05, 0) is 48.9 Å². The van der Waals surface area contributed by atoms with Crippen LogP contribution >= 0.6 is 0 Å². The smallest absolute Gasteiger partial charge is 0.115 e. The molecule has 0 atom stereocenters. The molecule has 5 nitrogen and oxygen atoms in total. The minimum Gasteiger partial charge on any atom is -0.278 e. The third kappa shape index (κ3) is 1.86. The molecule has 0 bridgehead atoms. The average molecular weight is 301 g/mol. The Morgan fingerprint density at radius 3 is 2.61 bits per heavy atom. The molecule has 1 aliphatic carbocycles. The number of hydrogen-bond donors (Lipinski definition) is 1. The van der Waals surface area contributed by atoms with Crippen molar-refractivity contribution in [2.45, 2.75) is 25.7 Å². The summed E-state index contributed by atoms with van der Waals surface area (Å²) in [7, 11) is 0. The van der Waals surface area contributed by atoms with Gasteiger partial charge in [0.2, 0.25) is 0 Å². The second-order valence-electron chi connectivity index (χ2n) is 6.04. The molecule has 0 amide bonds. The van der Waals surface area contributed by atoms with Gasteiger partial charge in [-0.15, -0.1) is 0 Å². The van der Waals surface area contributed by atoms with E-state index in [4.69, 9.17) is 4.98 Å². The molecule has 5 heteroatoms. The van der Waals surface area contributed by atoms with Crippen molar-refractivity contribution in [2.24, 2.45) is 0 Å². The summed E-state index contributed by atoms with van der Waals surface area (Å²) >= 11 is 0. The number of aromatic nitrogens is 5. The first kappa shape index (κ1) is 12.7. The zero-order valence-electron chi connectivity index (χ0n) is 12.6. The molecule has 23 heavy (non-hydrogen) atoms. The molecule has 1 aromatic carbocycles. The molecule has 0 fully saturated rings. The Labute approximate surface area is 132 Å². The Morgan fingerprint density at radius 1 is 0.913 bits per heavy atom. The fourth-order valence-electron chi connectivity index (χ4n) is 3.71. The molecule has 5 rings (SSSR count). The van der Waals surface area contributed by atoms with Gasteiger partial charge in [-0.1, -0.05) is 0 Å². The van der Waals surface area contributed by atoms with Crippen LogP contribution in [0.15, 0.2) is 37.1 Å². The van der Waals surface area contributed by atoms with Crippen LogP contribution < -0.4 is 0 Å². The highest BCUT2D eigenvalue weighted by Crippen LogP contribution is 2.37. The maximum atomic E-state index is 4.97. The lowest BCUT2D eigenvalue weighted by molar-refractivity contribution is 0.689. The quantitative estimate of drug-likeness (QED) is 0.585. The van der Waals surface area contributed by atoms with Gasteiger partial charge in [-0.3, -0.25) is 5.10 Å². The number of pyridine rings is 1. The summed E-state index contributed by atoms with van der Waals surface area (Å²) in [6.07, 6.45) is 11.8. The van der Waals surface area contributed by atoms with Crippen molar-refractivity contribution in [3.8, 4) is 11.3 Å². The maximum absolute atomic E-state index is 4.97. The monoisotopic (exact) mass is 301 g/mol. The summed E-state index contributed by atoms with van der Waals surface area (Å²) in [6, 6.07) is 4.14. The van der Waals surface area contributed by atoms with E-state index in [1.807, 2.05) is 18.6 Å². The third-order valence-corrected chi connectivity index (χ3v) is 4.72. The zero-order chi connectivity index (χ0) is 15.2. The minimum absolute atomic E-state index is 1.000. The number of nitrogens with zero attached hydrogens (tertiary/aromatic N) is 4. The number of fused-ring (bicyclic) bond motifs is 5. The van der Waals surface area contributed by atoms with Crippen LogP contribution in [0.25, 0.3) is 33.1 Å². The summed E-state index contributed by atoms with van der Waals surface area (Å²) in [5, 5.41) is 9.70. The number of rotatable bonds is 1. The zero-order valence-corrected chi connectivity index (χ0v) is 12.6. The first-order valence-electron chi connectivity index (χ1n) is 7.95. The number of aryl methyl sites for hydroxylation is 1. The van der Waals surface area contributed by atoms with Crippen LogP contribution in [0.2, 0.25) is 0 Å². The van der Waals surface area contributed by atoms with Crippen LogP contribution in [-0.4, -0.2) is 25.1 Å². The second-order valence-corrected chi connectivity index (χ2v) is 6.04. The van der Waals surface area contributed by atoms with E-state index in [-0.39, 0.29) is 0 Å². The van der Waals surface area contributed by atoms with Crippen molar-refractivity contribution in [2.75, 3.05) is 0 Å². The molecule has 0 unspecified atom stereocenters. The first-order valence-corrected chi connectivity index (χ1v) is 7.95. The SMILES string of the molecule is c1ncc(-c2nc3ccc4[nH]ncc4c3c3c2CCCC3)cn1. The molecule has 0 spiro atoms. The molecule has 3 heterocycles. The molecule has 0 saturated heterocycles. The van der Waals surface area contributed by atoms with E-state index in [1.54, 1.807) is 6.33 Å². The van der Waals surface area contributed by atoms with E-state index in [2.05, 4.69) is 32.3 Å². The number of benzene rings is 1. The van der Waals surface area contributed by atoms with E-state index in [9.17, 15) is 0 Å². The van der Waals surface area contributed by atoms with Gasteiger partial charge in [0.1, 0.15) is 6.33 Å².